The molecule has 2 aromatic rings. The van der Waals surface area contributed by atoms with Crippen molar-refractivity contribution in [2.45, 2.75) is 162 Å². The molecule has 0 heterocycles. The summed E-state index contributed by atoms with van der Waals surface area (Å²) in [7, 11) is -3.88. The quantitative estimate of drug-likeness (QED) is 0.0514. The second-order valence-corrected chi connectivity index (χ2v) is 22.2. The largest absolute Gasteiger partial charge is 0.490 e. The summed E-state index contributed by atoms with van der Waals surface area (Å²) >= 11 is 21.4. The van der Waals surface area contributed by atoms with Crippen molar-refractivity contribution in [2.75, 3.05) is 39.6 Å². The third-order valence-corrected chi connectivity index (χ3v) is 14.4. The van der Waals surface area contributed by atoms with Gasteiger partial charge in [-0.25, -0.2) is 8.42 Å². The zero-order valence-corrected chi connectivity index (χ0v) is 43.3. The fourth-order valence-electron chi connectivity index (χ4n) is 6.04. The van der Waals surface area contributed by atoms with Crippen LogP contribution >= 0.6 is 95.6 Å². The molecular weight excluding hydrogens is 1110 g/mol. The van der Waals surface area contributed by atoms with Crippen molar-refractivity contribution in [3.63, 3.8) is 0 Å². The molecule has 2 unspecified atom stereocenters. The summed E-state index contributed by atoms with van der Waals surface area (Å²) in [4.78, 5) is 0.243. The summed E-state index contributed by atoms with van der Waals surface area (Å²) in [6.07, 6.45) is 25.9. The number of hydrogen-bond acceptors (Lipinski definition) is 6. The van der Waals surface area contributed by atoms with E-state index >= 15 is 0 Å². The van der Waals surface area contributed by atoms with Gasteiger partial charge in [0, 0.05) is 13.2 Å². The van der Waals surface area contributed by atoms with Gasteiger partial charge >= 0.3 is 0 Å². The van der Waals surface area contributed by atoms with Crippen LogP contribution in [0.15, 0.2) is 51.9 Å². The minimum absolute atomic E-state index is 0.00464. The molecule has 6 nitrogen and oxygen atoms in total. The zero-order valence-electron chi connectivity index (χ0n) is 33.0. The molecular formula is C42H64Br6O6S. The second-order valence-electron chi connectivity index (χ2n) is 14.3. The summed E-state index contributed by atoms with van der Waals surface area (Å²) in [5.41, 5.74) is 0. The predicted octanol–water partition coefficient (Wildman–Crippen LogP) is 15.7. The monoisotopic (exact) mass is 1170 g/mol. The summed E-state index contributed by atoms with van der Waals surface area (Å²) < 4.78 is 53.6. The van der Waals surface area contributed by atoms with Crippen LogP contribution in [0.3, 0.4) is 0 Å². The highest BCUT2D eigenvalue weighted by Gasteiger charge is 2.24. The van der Waals surface area contributed by atoms with Gasteiger partial charge in [0.15, 0.2) is 0 Å². The summed E-state index contributed by atoms with van der Waals surface area (Å²) in [6.45, 7) is 7.79. The van der Waals surface area contributed by atoms with E-state index in [-0.39, 0.29) is 19.4 Å². The molecule has 2 atom stereocenters. The van der Waals surface area contributed by atoms with Gasteiger partial charge in [-0.1, -0.05) is 161 Å². The molecule has 316 valence electrons. The van der Waals surface area contributed by atoms with Crippen molar-refractivity contribution >= 4 is 105 Å². The van der Waals surface area contributed by atoms with Gasteiger partial charge in [0.1, 0.15) is 24.7 Å². The van der Waals surface area contributed by atoms with E-state index in [2.05, 4.69) is 109 Å². The molecule has 0 N–H and O–H groups in total. The third-order valence-electron chi connectivity index (χ3n) is 9.26. The van der Waals surface area contributed by atoms with Gasteiger partial charge in [-0.05, 0) is 101 Å². The summed E-state index contributed by atoms with van der Waals surface area (Å²) in [6, 6.07) is 6.27. The molecule has 13 heteroatoms. The maximum atomic E-state index is 13.8. The topological polar surface area (TPSA) is 71.1 Å². The average Bonchev–Trinajstić information content (AvgIpc) is 3.14. The molecule has 0 fully saturated rings. The van der Waals surface area contributed by atoms with Gasteiger partial charge in [0.25, 0.3) is 0 Å². The van der Waals surface area contributed by atoms with Crippen molar-refractivity contribution in [3.05, 3.63) is 42.2 Å². The highest BCUT2D eigenvalue weighted by atomic mass is 79.9. The van der Waals surface area contributed by atoms with Gasteiger partial charge < -0.3 is 18.9 Å². The fourth-order valence-corrected chi connectivity index (χ4v) is 11.5. The Bertz CT molecular complexity index is 1280. The fraction of sp³-hybridized carbons (Fsp3) is 0.714. The lowest BCUT2D eigenvalue weighted by molar-refractivity contribution is 0.121. The van der Waals surface area contributed by atoms with Crippen LogP contribution in [0.2, 0.25) is 0 Å². The van der Waals surface area contributed by atoms with Crippen LogP contribution in [-0.4, -0.2) is 57.7 Å². The lowest BCUT2D eigenvalue weighted by Gasteiger charge is -2.17. The van der Waals surface area contributed by atoms with Crippen LogP contribution < -0.4 is 9.47 Å². The number of alkyl halides is 2. The van der Waals surface area contributed by atoms with Crippen LogP contribution in [-0.2, 0) is 19.3 Å². The van der Waals surface area contributed by atoms with E-state index < -0.39 is 9.84 Å². The Hall–Kier alpha value is 0.790. The van der Waals surface area contributed by atoms with Crippen LogP contribution in [0.25, 0.3) is 0 Å². The number of unbranched alkanes of at least 4 members (excludes halogenated alkanes) is 18. The number of rotatable bonds is 34. The predicted molar refractivity (Wildman–Crippen MR) is 251 cm³/mol. The molecule has 0 aliphatic rings. The van der Waals surface area contributed by atoms with Gasteiger partial charge in [-0.3, -0.25) is 0 Å². The van der Waals surface area contributed by atoms with E-state index in [0.717, 1.165) is 26.1 Å². The molecule has 0 saturated carbocycles. The van der Waals surface area contributed by atoms with Crippen molar-refractivity contribution in [3.8, 4) is 11.5 Å². The standard InChI is InChI=1S/C42H64Br6O6S/c1-3-5-7-9-11-13-15-17-19-21-23-51-29-33(43)31-53-41-37(45)25-35(26-38(41)46)55(49,50)36-27-39(47)42(40(48)28-36)54-32-34(44)30-52-24-22-20-18-16-14-12-10-8-6-4-2/h25-28,33-34H,3-24,29-32H2,1-2H3. The minimum atomic E-state index is -3.88. The molecule has 0 aliphatic heterocycles. The molecule has 0 bridgehead atoms. The van der Waals surface area contributed by atoms with E-state index in [1.807, 2.05) is 0 Å². The van der Waals surface area contributed by atoms with E-state index in [4.69, 9.17) is 18.9 Å². The molecule has 0 aromatic heterocycles. The molecule has 2 aromatic carbocycles. The first-order valence-corrected chi connectivity index (χ1v) is 26.9. The molecule has 0 spiro atoms. The number of hydrogen-bond donors (Lipinski definition) is 0. The maximum Gasteiger partial charge on any atom is 0.206 e. The second kappa shape index (κ2) is 31.6. The Balaban J connectivity index is 1.75. The first-order chi connectivity index (χ1) is 26.5. The van der Waals surface area contributed by atoms with Crippen molar-refractivity contribution in [2.24, 2.45) is 0 Å². The molecule has 2 rings (SSSR count). The van der Waals surface area contributed by atoms with Crippen LogP contribution in [0.4, 0.5) is 0 Å². The highest BCUT2D eigenvalue weighted by Crippen LogP contribution is 2.41. The Kier molecular flexibility index (Phi) is 29.9. The van der Waals surface area contributed by atoms with Gasteiger partial charge in [-0.2, -0.15) is 0 Å². The van der Waals surface area contributed by atoms with Gasteiger partial charge in [0.2, 0.25) is 9.84 Å². The van der Waals surface area contributed by atoms with Crippen LogP contribution in [0.5, 0.6) is 11.5 Å². The number of ether oxygens (including phenoxy) is 4. The Labute approximate surface area is 384 Å². The van der Waals surface area contributed by atoms with E-state index in [1.54, 1.807) is 24.3 Å². The number of benzene rings is 2. The van der Waals surface area contributed by atoms with Crippen molar-refractivity contribution in [1.82, 2.24) is 0 Å². The first kappa shape index (κ1) is 51.9. The van der Waals surface area contributed by atoms with E-state index in [1.165, 1.54) is 116 Å². The highest BCUT2D eigenvalue weighted by molar-refractivity contribution is 9.11. The smallest absolute Gasteiger partial charge is 0.206 e. The molecule has 0 amide bonds. The first-order valence-electron chi connectivity index (χ1n) is 20.4. The lowest BCUT2D eigenvalue weighted by atomic mass is 10.1. The summed E-state index contributed by atoms with van der Waals surface area (Å²) in [5, 5.41) is 0. The molecule has 0 aliphatic carbocycles. The zero-order chi connectivity index (χ0) is 40.3. The normalized spacial score (nSPS) is 12.9. The van der Waals surface area contributed by atoms with Gasteiger partial charge in [0.05, 0.1) is 50.5 Å². The summed E-state index contributed by atoms with van der Waals surface area (Å²) in [5.74, 6) is 1.06. The van der Waals surface area contributed by atoms with Gasteiger partial charge in [-0.15, -0.1) is 0 Å². The Morgan fingerprint density at radius 3 is 1.02 bits per heavy atom. The van der Waals surface area contributed by atoms with Crippen LogP contribution in [0, 0.1) is 0 Å². The molecule has 0 saturated heterocycles. The van der Waals surface area contributed by atoms with Crippen LogP contribution in [0.1, 0.15) is 142 Å². The maximum absolute atomic E-state index is 13.8. The molecule has 55 heavy (non-hydrogen) atoms. The van der Waals surface area contributed by atoms with E-state index in [9.17, 15) is 8.42 Å². The Morgan fingerprint density at radius 2 is 0.727 bits per heavy atom. The Morgan fingerprint density at radius 1 is 0.455 bits per heavy atom. The lowest BCUT2D eigenvalue weighted by Crippen LogP contribution is -2.18. The average molecular weight is 1180 g/mol. The minimum Gasteiger partial charge on any atom is -0.490 e. The third kappa shape index (κ3) is 22.3. The molecule has 0 radical (unpaired) electrons. The number of sulfone groups is 1. The SMILES string of the molecule is CCCCCCCCCCCCOCC(Br)COc1c(Br)cc(S(=O)(=O)c2cc(Br)c(OCC(Br)COCCCCCCCCCCCC)c(Br)c2)cc1Br. The van der Waals surface area contributed by atoms with E-state index in [0.29, 0.717) is 55.8 Å². The number of halogens is 6. The van der Waals surface area contributed by atoms with Crippen molar-refractivity contribution in [1.29, 1.82) is 0 Å². The van der Waals surface area contributed by atoms with Crippen molar-refractivity contribution < 1.29 is 27.4 Å².